The molecule has 0 heterocycles. The molecule has 0 aromatic carbocycles. The minimum atomic E-state index is 0.00641. The molecule has 0 bridgehead atoms. The molecular formula is C12H22O. The van der Waals surface area contributed by atoms with E-state index in [2.05, 4.69) is 6.92 Å². The molecule has 13 heavy (non-hydrogen) atoms. The molecule has 0 amide bonds. The van der Waals surface area contributed by atoms with Gasteiger partial charge in [0.2, 0.25) is 0 Å². The van der Waals surface area contributed by atoms with E-state index >= 15 is 0 Å². The van der Waals surface area contributed by atoms with E-state index in [-0.39, 0.29) is 6.10 Å². The summed E-state index contributed by atoms with van der Waals surface area (Å²) in [5.41, 5.74) is 0.486. The molecule has 2 atom stereocenters. The fourth-order valence-corrected chi connectivity index (χ4v) is 3.41. The average Bonchev–Trinajstić information content (AvgIpc) is 2.49. The van der Waals surface area contributed by atoms with Gasteiger partial charge in [-0.15, -0.1) is 0 Å². The molecule has 2 saturated carbocycles. The SMILES string of the molecule is CC1(C2CCCCC2)CCC(O)C1. The summed E-state index contributed by atoms with van der Waals surface area (Å²) in [6.07, 6.45) is 10.5. The van der Waals surface area contributed by atoms with E-state index in [1.807, 2.05) is 0 Å². The van der Waals surface area contributed by atoms with E-state index in [4.69, 9.17) is 0 Å². The van der Waals surface area contributed by atoms with Gasteiger partial charge in [-0.2, -0.15) is 0 Å². The number of hydrogen-bond acceptors (Lipinski definition) is 1. The summed E-state index contributed by atoms with van der Waals surface area (Å²) in [6, 6.07) is 0. The van der Waals surface area contributed by atoms with Crippen LogP contribution in [-0.4, -0.2) is 11.2 Å². The molecule has 2 aliphatic rings. The van der Waals surface area contributed by atoms with Gasteiger partial charge in [-0.1, -0.05) is 26.2 Å². The van der Waals surface area contributed by atoms with Crippen molar-refractivity contribution in [2.75, 3.05) is 0 Å². The van der Waals surface area contributed by atoms with Crippen molar-refractivity contribution in [2.45, 2.75) is 64.4 Å². The van der Waals surface area contributed by atoms with Crippen LogP contribution in [0.15, 0.2) is 0 Å². The maximum Gasteiger partial charge on any atom is 0.0545 e. The predicted octanol–water partition coefficient (Wildman–Crippen LogP) is 3.12. The fraction of sp³-hybridized carbons (Fsp3) is 1.00. The van der Waals surface area contributed by atoms with E-state index in [0.717, 1.165) is 18.8 Å². The first kappa shape index (κ1) is 9.51. The molecule has 0 aliphatic heterocycles. The molecule has 2 rings (SSSR count). The average molecular weight is 182 g/mol. The number of hydrogen-bond donors (Lipinski definition) is 1. The lowest BCUT2D eigenvalue weighted by atomic mass is 9.69. The van der Waals surface area contributed by atoms with E-state index in [0.29, 0.717) is 5.41 Å². The molecule has 2 unspecified atom stereocenters. The molecule has 0 aromatic heterocycles. The molecule has 1 heteroatoms. The van der Waals surface area contributed by atoms with Gasteiger partial charge in [0.1, 0.15) is 0 Å². The van der Waals surface area contributed by atoms with Gasteiger partial charge in [0.15, 0.2) is 0 Å². The summed E-state index contributed by atoms with van der Waals surface area (Å²) in [7, 11) is 0. The molecule has 0 saturated heterocycles. The maximum absolute atomic E-state index is 9.60. The Morgan fingerprint density at radius 3 is 2.31 bits per heavy atom. The van der Waals surface area contributed by atoms with Gasteiger partial charge in [0, 0.05) is 0 Å². The lowest BCUT2D eigenvalue weighted by molar-refractivity contribution is 0.109. The molecule has 0 aromatic rings. The second-order valence-corrected chi connectivity index (χ2v) is 5.39. The molecular weight excluding hydrogens is 160 g/mol. The van der Waals surface area contributed by atoms with Gasteiger partial charge in [-0.05, 0) is 43.4 Å². The molecule has 1 nitrogen and oxygen atoms in total. The minimum absolute atomic E-state index is 0.00641. The van der Waals surface area contributed by atoms with Crippen molar-refractivity contribution >= 4 is 0 Å². The van der Waals surface area contributed by atoms with E-state index in [9.17, 15) is 5.11 Å². The monoisotopic (exact) mass is 182 g/mol. The first-order valence-corrected chi connectivity index (χ1v) is 5.89. The van der Waals surface area contributed by atoms with Gasteiger partial charge < -0.3 is 5.11 Å². The van der Waals surface area contributed by atoms with Gasteiger partial charge in [-0.25, -0.2) is 0 Å². The number of aliphatic hydroxyl groups is 1. The fourth-order valence-electron chi connectivity index (χ4n) is 3.41. The topological polar surface area (TPSA) is 20.2 Å². The lowest BCUT2D eigenvalue weighted by Crippen LogP contribution is -2.27. The first-order chi connectivity index (χ1) is 6.21. The third kappa shape index (κ3) is 1.90. The third-order valence-corrected chi connectivity index (χ3v) is 4.34. The Hall–Kier alpha value is -0.0400. The second kappa shape index (κ2) is 3.61. The van der Waals surface area contributed by atoms with Crippen LogP contribution in [0.2, 0.25) is 0 Å². The molecule has 2 aliphatic carbocycles. The number of aliphatic hydroxyl groups excluding tert-OH is 1. The highest BCUT2D eigenvalue weighted by Crippen LogP contribution is 2.49. The van der Waals surface area contributed by atoms with Gasteiger partial charge in [0.05, 0.1) is 6.10 Å². The van der Waals surface area contributed by atoms with Crippen LogP contribution < -0.4 is 0 Å². The van der Waals surface area contributed by atoms with Crippen LogP contribution in [0.1, 0.15) is 58.3 Å². The van der Waals surface area contributed by atoms with Crippen molar-refractivity contribution in [1.29, 1.82) is 0 Å². The first-order valence-electron chi connectivity index (χ1n) is 5.89. The van der Waals surface area contributed by atoms with Gasteiger partial charge in [0.25, 0.3) is 0 Å². The normalized spacial score (nSPS) is 42.5. The van der Waals surface area contributed by atoms with Gasteiger partial charge >= 0.3 is 0 Å². The molecule has 0 radical (unpaired) electrons. The number of rotatable bonds is 1. The van der Waals surface area contributed by atoms with E-state index < -0.39 is 0 Å². The summed E-state index contributed by atoms with van der Waals surface area (Å²) in [5.74, 6) is 0.915. The Morgan fingerprint density at radius 1 is 1.08 bits per heavy atom. The maximum atomic E-state index is 9.60. The van der Waals surface area contributed by atoms with E-state index in [1.165, 1.54) is 38.5 Å². The molecule has 76 valence electrons. The van der Waals surface area contributed by atoms with Crippen LogP contribution in [0.3, 0.4) is 0 Å². The lowest BCUT2D eigenvalue weighted by Gasteiger charge is -2.36. The summed E-state index contributed by atoms with van der Waals surface area (Å²) in [5, 5.41) is 9.60. The van der Waals surface area contributed by atoms with Crippen LogP contribution in [0, 0.1) is 11.3 Å². The van der Waals surface area contributed by atoms with Crippen LogP contribution in [0.4, 0.5) is 0 Å². The summed E-state index contributed by atoms with van der Waals surface area (Å²) < 4.78 is 0. The van der Waals surface area contributed by atoms with Crippen molar-refractivity contribution in [3.63, 3.8) is 0 Å². The molecule has 2 fully saturated rings. The van der Waals surface area contributed by atoms with Crippen molar-refractivity contribution in [1.82, 2.24) is 0 Å². The highest BCUT2D eigenvalue weighted by Gasteiger charge is 2.40. The zero-order chi connectivity index (χ0) is 9.31. The summed E-state index contributed by atoms with van der Waals surface area (Å²) in [4.78, 5) is 0. The summed E-state index contributed by atoms with van der Waals surface area (Å²) >= 11 is 0. The molecule has 0 spiro atoms. The predicted molar refractivity (Wildman–Crippen MR) is 54.5 cm³/mol. The summed E-state index contributed by atoms with van der Waals surface area (Å²) in [6.45, 7) is 2.40. The van der Waals surface area contributed by atoms with Gasteiger partial charge in [-0.3, -0.25) is 0 Å². The Kier molecular flexibility index (Phi) is 2.64. The van der Waals surface area contributed by atoms with Crippen LogP contribution in [-0.2, 0) is 0 Å². The van der Waals surface area contributed by atoms with Crippen molar-refractivity contribution in [2.24, 2.45) is 11.3 Å². The van der Waals surface area contributed by atoms with Crippen molar-refractivity contribution < 1.29 is 5.11 Å². The molecule has 1 N–H and O–H groups in total. The van der Waals surface area contributed by atoms with Crippen LogP contribution in [0.5, 0.6) is 0 Å². The van der Waals surface area contributed by atoms with Crippen LogP contribution >= 0.6 is 0 Å². The standard InChI is InChI=1S/C12H22O/c1-12(8-7-11(13)9-12)10-5-3-2-4-6-10/h10-11,13H,2-9H2,1H3. The highest BCUT2D eigenvalue weighted by atomic mass is 16.3. The Bertz CT molecular complexity index is 172. The van der Waals surface area contributed by atoms with Crippen molar-refractivity contribution in [3.8, 4) is 0 Å². The quantitative estimate of drug-likeness (QED) is 0.660. The smallest absolute Gasteiger partial charge is 0.0545 e. The largest absolute Gasteiger partial charge is 0.393 e. The Morgan fingerprint density at radius 2 is 1.77 bits per heavy atom. The highest BCUT2D eigenvalue weighted by molar-refractivity contribution is 4.91. The van der Waals surface area contributed by atoms with E-state index in [1.54, 1.807) is 0 Å². The van der Waals surface area contributed by atoms with Crippen LogP contribution in [0.25, 0.3) is 0 Å². The Balaban J connectivity index is 1.97. The Labute approximate surface area is 81.5 Å². The zero-order valence-electron chi connectivity index (χ0n) is 8.76. The third-order valence-electron chi connectivity index (χ3n) is 4.34. The zero-order valence-corrected chi connectivity index (χ0v) is 8.76. The minimum Gasteiger partial charge on any atom is -0.393 e. The second-order valence-electron chi connectivity index (χ2n) is 5.39. The van der Waals surface area contributed by atoms with Crippen molar-refractivity contribution in [3.05, 3.63) is 0 Å².